The van der Waals surface area contributed by atoms with E-state index in [0.29, 0.717) is 23.3 Å². The van der Waals surface area contributed by atoms with Crippen LogP contribution in [0, 0.1) is 23.6 Å². The largest absolute Gasteiger partial charge is 0.505 e. The van der Waals surface area contributed by atoms with Gasteiger partial charge < -0.3 is 19.0 Å². The van der Waals surface area contributed by atoms with Crippen molar-refractivity contribution in [1.82, 2.24) is 4.90 Å². The van der Waals surface area contributed by atoms with E-state index in [2.05, 4.69) is 52.0 Å². The minimum absolute atomic E-state index is 0.242. The molecule has 0 unspecified atom stereocenters. The highest BCUT2D eigenvalue weighted by molar-refractivity contribution is 6.99. The van der Waals surface area contributed by atoms with Gasteiger partial charge in [0.25, 0.3) is 8.32 Å². The molecule has 0 aromatic heterocycles. The molecule has 4 atom stereocenters. The van der Waals surface area contributed by atoms with Gasteiger partial charge in [-0.3, -0.25) is 9.59 Å². The molecule has 3 aromatic carbocycles. The normalized spacial score (nSPS) is 22.1. The summed E-state index contributed by atoms with van der Waals surface area (Å²) in [7, 11) is -1.80. The maximum absolute atomic E-state index is 14.2. The number of hydrogen-bond donors (Lipinski definition) is 1. The molecule has 2 aliphatic heterocycles. The molecule has 3 aliphatic rings. The summed E-state index contributed by atoms with van der Waals surface area (Å²) < 4.78 is 32.9. The van der Waals surface area contributed by atoms with Crippen LogP contribution in [0.3, 0.4) is 0 Å². The van der Waals surface area contributed by atoms with Crippen LogP contribution in [-0.4, -0.2) is 62.7 Å². The first kappa shape index (κ1) is 37.4. The van der Waals surface area contributed by atoms with Crippen LogP contribution < -0.4 is 10.4 Å². The lowest BCUT2D eigenvalue weighted by Crippen LogP contribution is -2.66. The summed E-state index contributed by atoms with van der Waals surface area (Å²) >= 11 is 0. The summed E-state index contributed by atoms with van der Waals surface area (Å²) in [6.45, 7) is 9.22. The summed E-state index contributed by atoms with van der Waals surface area (Å²) in [6.07, 6.45) is 3.90. The number of halogens is 1. The Morgan fingerprint density at radius 3 is 2.21 bits per heavy atom. The Labute approximate surface area is 306 Å². The average Bonchev–Trinajstić information content (AvgIpc) is 3.66. The van der Waals surface area contributed by atoms with Crippen molar-refractivity contribution in [1.29, 1.82) is 0 Å². The quantitative estimate of drug-likeness (QED) is 0.127. The van der Waals surface area contributed by atoms with Crippen LogP contribution in [0.1, 0.15) is 65.4 Å². The van der Waals surface area contributed by atoms with Gasteiger partial charge in [0, 0.05) is 5.92 Å². The van der Waals surface area contributed by atoms with Gasteiger partial charge in [0.1, 0.15) is 0 Å². The van der Waals surface area contributed by atoms with Crippen molar-refractivity contribution < 1.29 is 37.8 Å². The van der Waals surface area contributed by atoms with Crippen LogP contribution in [0.5, 0.6) is 5.75 Å². The van der Waals surface area contributed by atoms with Gasteiger partial charge in [0.05, 0.1) is 38.3 Å². The molecular formula is C42H48FNO7Si. The molecule has 1 N–H and O–H groups in total. The molecular weight excluding hydrogens is 678 g/mol. The van der Waals surface area contributed by atoms with Gasteiger partial charge in [0.2, 0.25) is 11.8 Å². The number of allylic oxidation sites excluding steroid dienone is 1. The number of aromatic hydroxyl groups is 1. The highest BCUT2D eigenvalue weighted by Gasteiger charge is 2.59. The van der Waals surface area contributed by atoms with Crippen molar-refractivity contribution in [3.8, 4) is 5.75 Å². The van der Waals surface area contributed by atoms with E-state index in [1.165, 1.54) is 19.2 Å². The minimum Gasteiger partial charge on any atom is -0.505 e. The zero-order valence-corrected chi connectivity index (χ0v) is 31.6. The number of phenols is 1. The second-order valence-corrected chi connectivity index (χ2v) is 19.4. The van der Waals surface area contributed by atoms with Crippen LogP contribution in [0.4, 0.5) is 9.18 Å². The Kier molecular flexibility index (Phi) is 11.0. The molecule has 52 heavy (non-hydrogen) atoms. The Hall–Kier alpha value is -4.38. The van der Waals surface area contributed by atoms with E-state index in [4.69, 9.17) is 13.9 Å². The number of carbonyl (C=O) groups is 3. The predicted octanol–water partition coefficient (Wildman–Crippen LogP) is 7.15. The number of benzene rings is 3. The lowest BCUT2D eigenvalue weighted by Gasteiger charge is -2.44. The predicted molar refractivity (Wildman–Crippen MR) is 200 cm³/mol. The van der Waals surface area contributed by atoms with E-state index in [9.17, 15) is 23.9 Å². The molecule has 0 spiro atoms. The molecule has 2 fully saturated rings. The van der Waals surface area contributed by atoms with Crippen LogP contribution in [0.2, 0.25) is 5.04 Å². The van der Waals surface area contributed by atoms with E-state index in [0.717, 1.165) is 39.9 Å². The Balaban J connectivity index is 1.39. The lowest BCUT2D eigenvalue weighted by molar-refractivity contribution is -0.137. The third-order valence-electron chi connectivity index (χ3n) is 10.9. The van der Waals surface area contributed by atoms with E-state index < -0.39 is 49.8 Å². The summed E-state index contributed by atoms with van der Waals surface area (Å²) in [4.78, 5) is 40.9. The van der Waals surface area contributed by atoms with Crippen molar-refractivity contribution in [2.75, 3.05) is 20.3 Å². The molecule has 10 heteroatoms. The van der Waals surface area contributed by atoms with Crippen LogP contribution >= 0.6 is 0 Å². The first-order valence-corrected chi connectivity index (χ1v) is 20.0. The maximum atomic E-state index is 14.2. The molecule has 0 saturated carbocycles. The lowest BCUT2D eigenvalue weighted by atomic mass is 9.69. The van der Waals surface area contributed by atoms with Crippen molar-refractivity contribution >= 4 is 42.7 Å². The number of phenolic OH excluding ortho intramolecular Hbond substituents is 1. The fourth-order valence-corrected chi connectivity index (χ4v) is 13.1. The van der Waals surface area contributed by atoms with Crippen molar-refractivity contribution in [2.45, 2.75) is 70.9 Å². The summed E-state index contributed by atoms with van der Waals surface area (Å²) in [6, 6.07) is 25.1. The van der Waals surface area contributed by atoms with Crippen LogP contribution in [0.25, 0.3) is 6.08 Å². The zero-order valence-electron chi connectivity index (χ0n) is 30.6. The summed E-state index contributed by atoms with van der Waals surface area (Å²) in [5.74, 6) is -3.98. The van der Waals surface area contributed by atoms with Gasteiger partial charge in [0.15, 0.2) is 11.6 Å². The van der Waals surface area contributed by atoms with Gasteiger partial charge in [-0.25, -0.2) is 9.18 Å². The second kappa shape index (κ2) is 15.3. The Bertz CT molecular complexity index is 1830. The molecule has 3 amide bonds. The Morgan fingerprint density at radius 1 is 0.981 bits per heavy atom. The number of imide groups is 3. The molecule has 0 bridgehead atoms. The fourth-order valence-electron chi connectivity index (χ4n) is 8.59. The van der Waals surface area contributed by atoms with Gasteiger partial charge >= 0.3 is 6.09 Å². The summed E-state index contributed by atoms with van der Waals surface area (Å²) in [5.41, 5.74) is 3.71. The van der Waals surface area contributed by atoms with Gasteiger partial charge in [-0.05, 0) is 69.9 Å². The van der Waals surface area contributed by atoms with E-state index in [1.54, 1.807) is 6.07 Å². The number of hydrogen-bond acceptors (Lipinski definition) is 7. The van der Waals surface area contributed by atoms with E-state index in [-0.39, 0.29) is 36.5 Å². The molecule has 8 nitrogen and oxygen atoms in total. The van der Waals surface area contributed by atoms with Crippen molar-refractivity contribution in [3.63, 3.8) is 0 Å². The SMILES string of the molecule is CCC/C(=C\c1ccc(O)c(F)c1)CC[C@H]1OC[C@H]2C1=C(CO[Si](c1ccccc1)(c1ccccc1)C(C)(C)C)C[C@H]1C(=O)N(C(=O)OC)C(=O)[C@H]12. The fraction of sp³-hybridized carbons (Fsp3) is 0.405. The Morgan fingerprint density at radius 2 is 1.63 bits per heavy atom. The van der Waals surface area contributed by atoms with Gasteiger partial charge in [-0.2, -0.15) is 4.90 Å². The third kappa shape index (κ3) is 6.91. The van der Waals surface area contributed by atoms with E-state index in [1.807, 2.05) is 42.5 Å². The number of methoxy groups -OCH3 is 1. The number of nitrogens with zero attached hydrogens (tertiary/aromatic N) is 1. The molecule has 0 radical (unpaired) electrons. The highest BCUT2D eigenvalue weighted by Crippen LogP contribution is 2.50. The monoisotopic (exact) mass is 725 g/mol. The topological polar surface area (TPSA) is 102 Å². The molecule has 6 rings (SSSR count). The van der Waals surface area contributed by atoms with Gasteiger partial charge in [-0.1, -0.05) is 112 Å². The first-order chi connectivity index (χ1) is 24.9. The van der Waals surface area contributed by atoms with E-state index >= 15 is 0 Å². The molecule has 2 saturated heterocycles. The zero-order chi connectivity index (χ0) is 37.2. The van der Waals surface area contributed by atoms with Crippen LogP contribution in [0.15, 0.2) is 95.6 Å². The number of carbonyl (C=O) groups excluding carboxylic acids is 3. The number of fused-ring (bicyclic) bond motifs is 3. The third-order valence-corrected chi connectivity index (χ3v) is 15.9. The maximum Gasteiger partial charge on any atom is 0.423 e. The molecule has 2 heterocycles. The van der Waals surface area contributed by atoms with Crippen molar-refractivity contribution in [2.24, 2.45) is 17.8 Å². The second-order valence-electron chi connectivity index (χ2n) is 15.1. The number of rotatable bonds is 11. The number of amides is 3. The van der Waals surface area contributed by atoms with Crippen molar-refractivity contribution in [3.05, 3.63) is 107 Å². The minimum atomic E-state index is -2.97. The number of ether oxygens (including phenoxy) is 2. The van der Waals surface area contributed by atoms with Crippen LogP contribution in [-0.2, 0) is 23.5 Å². The van der Waals surface area contributed by atoms with Gasteiger partial charge in [-0.15, -0.1) is 0 Å². The molecule has 274 valence electrons. The first-order valence-electron chi connectivity index (χ1n) is 18.1. The smallest absolute Gasteiger partial charge is 0.423 e. The average molecular weight is 726 g/mol. The summed E-state index contributed by atoms with van der Waals surface area (Å²) in [5, 5.41) is 11.7. The molecule has 1 aliphatic carbocycles. The number of likely N-dealkylation sites (tertiary alicyclic amines) is 1. The standard InChI is InChI=1S/C42H48FNO7Si/c1-6-13-27(22-28-18-20-35(45)34(43)23-28)19-21-36-37-29(24-32-38(33(37)26-50-36)40(47)44(39(32)46)41(48)49-5)25-51-52(42(2,3)4,30-14-9-7-10-15-30)31-16-11-8-12-17-31/h7-12,14-18,20,22-23,32-33,36,38,45H,6,13,19,21,24-26H2,1-5H3/b27-22+/t32-,33+,36-,38-/m1/s1. The molecule has 3 aromatic rings. The highest BCUT2D eigenvalue weighted by atomic mass is 28.4.